The van der Waals surface area contributed by atoms with Gasteiger partial charge in [-0.25, -0.2) is 29.9 Å². The van der Waals surface area contributed by atoms with Crippen LogP contribution in [0, 0.1) is 0 Å². The second-order valence-electron chi connectivity index (χ2n) is 19.8. The molecule has 14 aromatic rings. The monoisotopic (exact) mass is 1040 g/mol. The Balaban J connectivity index is 1.02. The van der Waals surface area contributed by atoms with Crippen molar-refractivity contribution in [2.24, 2.45) is 0 Å². The molecule has 0 saturated carbocycles. The van der Waals surface area contributed by atoms with Crippen LogP contribution >= 0.6 is 0 Å². The van der Waals surface area contributed by atoms with Crippen molar-refractivity contribution in [3.05, 3.63) is 297 Å². The van der Waals surface area contributed by atoms with Crippen molar-refractivity contribution in [2.75, 3.05) is 0 Å². The molecule has 8 heteroatoms. The molecule has 0 radical (unpaired) electrons. The maximum atomic E-state index is 5.43. The molecule has 7 nitrogen and oxygen atoms in total. The fourth-order valence-electron chi connectivity index (χ4n) is 11.3. The largest absolute Gasteiger partial charge is 0.308 e. The Bertz CT molecular complexity index is 4290. The summed E-state index contributed by atoms with van der Waals surface area (Å²) in [6, 6.07) is 105. The molecule has 376 valence electrons. The van der Waals surface area contributed by atoms with E-state index in [0.29, 0.717) is 34.9 Å². The van der Waals surface area contributed by atoms with Gasteiger partial charge in [0.15, 0.2) is 43.0 Å². The number of fused-ring (bicyclic) bond motifs is 3. The second kappa shape index (κ2) is 20.8. The topological polar surface area (TPSA) is 82.3 Å². The van der Waals surface area contributed by atoms with Gasteiger partial charge >= 0.3 is 0 Å². The summed E-state index contributed by atoms with van der Waals surface area (Å²) in [6.07, 6.45) is 0. The van der Waals surface area contributed by atoms with E-state index in [-0.39, 0.29) is 0 Å². The molecule has 3 aromatic heterocycles. The third-order valence-electron chi connectivity index (χ3n) is 15.1. The van der Waals surface area contributed by atoms with Crippen LogP contribution in [0.2, 0.25) is 0 Å². The Morgan fingerprint density at radius 2 is 0.575 bits per heavy atom. The molecule has 3 heterocycles. The van der Waals surface area contributed by atoms with Gasteiger partial charge in [-0.3, -0.25) is 0 Å². The predicted octanol–water partition coefficient (Wildman–Crippen LogP) is 14.2. The maximum absolute atomic E-state index is 5.43. The van der Waals surface area contributed by atoms with Crippen molar-refractivity contribution in [3.63, 3.8) is 0 Å². The summed E-state index contributed by atoms with van der Waals surface area (Å²) in [5, 5.41) is 7.41. The Morgan fingerprint density at radius 3 is 1.05 bits per heavy atom. The van der Waals surface area contributed by atoms with Gasteiger partial charge in [-0.15, -0.1) is 0 Å². The molecule has 0 amide bonds. The standard InChI is InChI=1S/C72H49N7Si/c1-8-25-50(26-9-1)67-73-68(51-27-10-2-11-28-51)76-71(75-67)56-43-45-62-61-41-22-23-42-64(61)79(66(62)49-56)65-46-44-55(48-63(65)72-77-69(52-29-12-3-13-30-52)74-70(78-72)53-31-14-4-15-32-53)54-33-24-40-60(47-54)80(57-34-16-5-17-35-57,58-36-18-6-19-37-58)59-38-20-7-21-39-59/h1-49H. The van der Waals surface area contributed by atoms with Gasteiger partial charge in [-0.1, -0.05) is 273 Å². The van der Waals surface area contributed by atoms with E-state index in [1.54, 1.807) is 0 Å². The van der Waals surface area contributed by atoms with Crippen molar-refractivity contribution in [3.8, 4) is 85.1 Å². The highest BCUT2D eigenvalue weighted by atomic mass is 28.3. The Labute approximate surface area is 465 Å². The molecule has 0 saturated heterocycles. The maximum Gasteiger partial charge on any atom is 0.179 e. The van der Waals surface area contributed by atoms with Crippen LogP contribution in [0.4, 0.5) is 0 Å². The molecule has 14 rings (SSSR count). The van der Waals surface area contributed by atoms with Crippen molar-refractivity contribution in [1.82, 2.24) is 34.5 Å². The van der Waals surface area contributed by atoms with Gasteiger partial charge in [0.1, 0.15) is 0 Å². The summed E-state index contributed by atoms with van der Waals surface area (Å²) in [7, 11) is -2.88. The van der Waals surface area contributed by atoms with Crippen molar-refractivity contribution in [1.29, 1.82) is 0 Å². The zero-order valence-corrected chi connectivity index (χ0v) is 44.4. The minimum atomic E-state index is -2.88. The average molecular weight is 1040 g/mol. The van der Waals surface area contributed by atoms with Gasteiger partial charge in [0.2, 0.25) is 0 Å². The number of para-hydroxylation sites is 1. The van der Waals surface area contributed by atoms with Crippen LogP contribution in [0.5, 0.6) is 0 Å². The highest BCUT2D eigenvalue weighted by molar-refractivity contribution is 7.19. The first-order valence-corrected chi connectivity index (χ1v) is 28.9. The first-order valence-electron chi connectivity index (χ1n) is 26.9. The third kappa shape index (κ3) is 8.76. The number of hydrogen-bond acceptors (Lipinski definition) is 6. The molecule has 0 aliphatic rings. The molecule has 0 unspecified atom stereocenters. The Hall–Kier alpha value is -10.5. The Kier molecular flexibility index (Phi) is 12.4. The van der Waals surface area contributed by atoms with E-state index in [0.717, 1.165) is 72.0 Å². The summed E-state index contributed by atoms with van der Waals surface area (Å²) in [6.45, 7) is 0. The van der Waals surface area contributed by atoms with E-state index < -0.39 is 8.07 Å². The van der Waals surface area contributed by atoms with Gasteiger partial charge in [-0.05, 0) is 56.1 Å². The van der Waals surface area contributed by atoms with Crippen molar-refractivity contribution >= 4 is 50.6 Å². The normalized spacial score (nSPS) is 11.5. The summed E-state index contributed by atoms with van der Waals surface area (Å²) in [5.41, 5.74) is 10.3. The lowest BCUT2D eigenvalue weighted by molar-refractivity contribution is 1.06. The van der Waals surface area contributed by atoms with Crippen LogP contribution in [-0.2, 0) is 0 Å². The lowest BCUT2D eigenvalue weighted by Gasteiger charge is -2.34. The SMILES string of the molecule is c1ccc(-c2nc(-c3ccccc3)nc(-c3ccc4c5ccccc5n(-c5ccc(-c6cccc([Si](c7ccccc7)(c7ccccc7)c7ccccc7)c6)cc5-c5nc(-c6ccccc6)nc(-c6ccccc6)n5)c4c3)n2)cc1. The summed E-state index contributed by atoms with van der Waals surface area (Å²) < 4.78 is 2.35. The van der Waals surface area contributed by atoms with E-state index in [1.807, 2.05) is 97.1 Å². The number of rotatable bonds is 12. The smallest absolute Gasteiger partial charge is 0.179 e. The number of hydrogen-bond donors (Lipinski definition) is 0. The zero-order chi connectivity index (χ0) is 53.2. The predicted molar refractivity (Wildman–Crippen MR) is 329 cm³/mol. The molecule has 0 aliphatic carbocycles. The zero-order valence-electron chi connectivity index (χ0n) is 43.4. The van der Waals surface area contributed by atoms with Gasteiger partial charge in [0.05, 0.1) is 16.7 Å². The first-order chi connectivity index (χ1) is 39.7. The second-order valence-corrected chi connectivity index (χ2v) is 23.6. The molecule has 0 spiro atoms. The van der Waals surface area contributed by atoms with E-state index in [9.17, 15) is 0 Å². The molecule has 0 aliphatic heterocycles. The molecule has 0 bridgehead atoms. The minimum Gasteiger partial charge on any atom is -0.308 e. The van der Waals surface area contributed by atoms with E-state index >= 15 is 0 Å². The first kappa shape index (κ1) is 47.9. The van der Waals surface area contributed by atoms with Gasteiger partial charge in [0.25, 0.3) is 0 Å². The molecule has 0 atom stereocenters. The molecule has 11 aromatic carbocycles. The van der Waals surface area contributed by atoms with E-state index in [2.05, 4.69) is 205 Å². The fraction of sp³-hybridized carbons (Fsp3) is 0. The van der Waals surface area contributed by atoms with E-state index in [1.165, 1.54) is 20.7 Å². The highest BCUT2D eigenvalue weighted by Crippen LogP contribution is 2.40. The van der Waals surface area contributed by atoms with Gasteiger partial charge in [0, 0.05) is 44.2 Å². The minimum absolute atomic E-state index is 0.548. The fourth-order valence-corrected chi connectivity index (χ4v) is 16.1. The lowest BCUT2D eigenvalue weighted by atomic mass is 10.0. The van der Waals surface area contributed by atoms with Crippen LogP contribution in [-0.4, -0.2) is 42.5 Å². The van der Waals surface area contributed by atoms with Crippen molar-refractivity contribution < 1.29 is 0 Å². The molecular formula is C72H49N7Si. The van der Waals surface area contributed by atoms with Gasteiger partial charge < -0.3 is 4.57 Å². The molecule has 80 heavy (non-hydrogen) atoms. The molecular weight excluding hydrogens is 991 g/mol. The summed E-state index contributed by atoms with van der Waals surface area (Å²) in [5.74, 6) is 3.50. The number of aromatic nitrogens is 7. The van der Waals surface area contributed by atoms with Crippen LogP contribution in [0.3, 0.4) is 0 Å². The average Bonchev–Trinajstić information content (AvgIpc) is 4.08. The molecule has 0 N–H and O–H groups in total. The van der Waals surface area contributed by atoms with Crippen molar-refractivity contribution in [2.45, 2.75) is 0 Å². The third-order valence-corrected chi connectivity index (χ3v) is 19.8. The summed E-state index contributed by atoms with van der Waals surface area (Å²) in [4.78, 5) is 31.4. The van der Waals surface area contributed by atoms with Crippen LogP contribution in [0.15, 0.2) is 297 Å². The lowest BCUT2D eigenvalue weighted by Crippen LogP contribution is -2.74. The quantitative estimate of drug-likeness (QED) is 0.0896. The van der Waals surface area contributed by atoms with Crippen LogP contribution in [0.1, 0.15) is 0 Å². The Morgan fingerprint density at radius 1 is 0.225 bits per heavy atom. The molecule has 0 fully saturated rings. The van der Waals surface area contributed by atoms with Crippen LogP contribution < -0.4 is 20.7 Å². The van der Waals surface area contributed by atoms with E-state index in [4.69, 9.17) is 29.9 Å². The highest BCUT2D eigenvalue weighted by Gasteiger charge is 2.41. The number of nitrogens with zero attached hydrogens (tertiary/aromatic N) is 7. The van der Waals surface area contributed by atoms with Gasteiger partial charge in [-0.2, -0.15) is 0 Å². The summed E-state index contributed by atoms with van der Waals surface area (Å²) >= 11 is 0. The van der Waals surface area contributed by atoms with Crippen LogP contribution in [0.25, 0.3) is 107 Å². The number of benzene rings is 11.